The van der Waals surface area contributed by atoms with Gasteiger partial charge in [-0.15, -0.1) is 0 Å². The predicted molar refractivity (Wildman–Crippen MR) is 51.5 cm³/mol. The lowest BCUT2D eigenvalue weighted by molar-refractivity contribution is 0.0362. The Morgan fingerprint density at radius 2 is 2.31 bits per heavy atom. The Labute approximate surface area is 78.4 Å². The van der Waals surface area contributed by atoms with E-state index in [9.17, 15) is 4.39 Å². The van der Waals surface area contributed by atoms with Crippen molar-refractivity contribution in [3.05, 3.63) is 0 Å². The molecular weight excluding hydrogens is 167 g/mol. The van der Waals surface area contributed by atoms with Gasteiger partial charge in [-0.25, -0.2) is 4.39 Å². The molecule has 1 heterocycles. The van der Waals surface area contributed by atoms with Crippen LogP contribution >= 0.6 is 0 Å². The van der Waals surface area contributed by atoms with Crippen LogP contribution in [0.2, 0.25) is 0 Å². The van der Waals surface area contributed by atoms with Crippen molar-refractivity contribution >= 4 is 5.84 Å². The molecule has 1 fully saturated rings. The van der Waals surface area contributed by atoms with Gasteiger partial charge in [0, 0.05) is 12.3 Å². The highest BCUT2D eigenvalue weighted by Gasteiger charge is 2.43. The number of halogens is 1. The summed E-state index contributed by atoms with van der Waals surface area (Å²) < 4.78 is 14.0. The number of hydrogen-bond acceptors (Lipinski definition) is 2. The van der Waals surface area contributed by atoms with E-state index in [1.165, 1.54) is 0 Å². The van der Waals surface area contributed by atoms with Gasteiger partial charge < -0.3 is 5.73 Å². The summed E-state index contributed by atoms with van der Waals surface area (Å²) in [6.45, 7) is 1.72. The van der Waals surface area contributed by atoms with Crippen LogP contribution in [0.5, 0.6) is 0 Å². The molecule has 0 bridgehead atoms. The topological polar surface area (TPSA) is 38.4 Å². The number of fused-ring (bicyclic) bond motifs is 1. The molecule has 0 saturated heterocycles. The molecule has 1 aliphatic carbocycles. The molecule has 0 spiro atoms. The normalized spacial score (nSPS) is 45.2. The van der Waals surface area contributed by atoms with Gasteiger partial charge in [-0.05, 0) is 32.6 Å². The van der Waals surface area contributed by atoms with Crippen LogP contribution in [0.4, 0.5) is 4.39 Å². The first-order chi connectivity index (χ1) is 6.09. The fourth-order valence-electron chi connectivity index (χ4n) is 2.67. The number of hydrogen-bond donors (Lipinski definition) is 1. The Bertz CT molecular complexity index is 235. The standard InChI is InChI=1S/C10H17FN2/c1-10(11)6-2-3-8-7(10)4-5-9(12)13-8/h7-8H,2-6H2,1H3,(H2,12,13)/t7-,8-,10?/m1/s1. The Kier molecular flexibility index (Phi) is 2.05. The van der Waals surface area contributed by atoms with Gasteiger partial charge in [-0.1, -0.05) is 0 Å². The Hall–Kier alpha value is -0.600. The summed E-state index contributed by atoms with van der Waals surface area (Å²) >= 11 is 0. The molecule has 0 radical (unpaired) electrons. The van der Waals surface area contributed by atoms with Crippen molar-refractivity contribution in [3.8, 4) is 0 Å². The maximum Gasteiger partial charge on any atom is 0.113 e. The minimum atomic E-state index is -1.01. The van der Waals surface area contributed by atoms with Crippen LogP contribution in [0.15, 0.2) is 4.99 Å². The Morgan fingerprint density at radius 3 is 3.08 bits per heavy atom. The molecule has 3 heteroatoms. The first kappa shape index (κ1) is 8.97. The molecule has 13 heavy (non-hydrogen) atoms. The van der Waals surface area contributed by atoms with Gasteiger partial charge in [-0.3, -0.25) is 4.99 Å². The molecule has 1 aliphatic heterocycles. The largest absolute Gasteiger partial charge is 0.387 e. The van der Waals surface area contributed by atoms with Crippen LogP contribution in [0, 0.1) is 5.92 Å². The van der Waals surface area contributed by atoms with Gasteiger partial charge in [-0.2, -0.15) is 0 Å². The van der Waals surface area contributed by atoms with Crippen LogP contribution in [0.3, 0.4) is 0 Å². The predicted octanol–water partition coefficient (Wildman–Crippen LogP) is 2.03. The number of aliphatic imine (C=N–C) groups is 1. The molecule has 2 rings (SSSR count). The highest BCUT2D eigenvalue weighted by atomic mass is 19.1. The number of nitrogens with zero attached hydrogens (tertiary/aromatic N) is 1. The summed E-state index contributed by atoms with van der Waals surface area (Å²) in [7, 11) is 0. The lowest BCUT2D eigenvalue weighted by Crippen LogP contribution is -2.45. The quantitative estimate of drug-likeness (QED) is 0.614. The van der Waals surface area contributed by atoms with E-state index in [0.717, 1.165) is 31.5 Å². The fraction of sp³-hybridized carbons (Fsp3) is 0.900. The molecule has 0 aromatic rings. The smallest absolute Gasteiger partial charge is 0.113 e. The summed E-state index contributed by atoms with van der Waals surface area (Å²) in [5, 5.41) is 0. The van der Waals surface area contributed by atoms with Gasteiger partial charge in [0.2, 0.25) is 0 Å². The van der Waals surface area contributed by atoms with Crippen molar-refractivity contribution in [2.75, 3.05) is 0 Å². The highest BCUT2D eigenvalue weighted by Crippen LogP contribution is 2.42. The van der Waals surface area contributed by atoms with Crippen molar-refractivity contribution in [1.29, 1.82) is 0 Å². The molecule has 1 saturated carbocycles. The van der Waals surface area contributed by atoms with E-state index >= 15 is 0 Å². The van der Waals surface area contributed by atoms with Crippen molar-refractivity contribution < 1.29 is 4.39 Å². The van der Waals surface area contributed by atoms with Crippen molar-refractivity contribution in [2.45, 2.75) is 50.7 Å². The molecular formula is C10H17FN2. The number of nitrogens with two attached hydrogens (primary N) is 1. The first-order valence-corrected chi connectivity index (χ1v) is 5.11. The lowest BCUT2D eigenvalue weighted by Gasteiger charge is -2.41. The van der Waals surface area contributed by atoms with E-state index in [1.54, 1.807) is 6.92 Å². The molecule has 74 valence electrons. The van der Waals surface area contributed by atoms with Crippen LogP contribution in [-0.4, -0.2) is 17.5 Å². The number of alkyl halides is 1. The summed E-state index contributed by atoms with van der Waals surface area (Å²) in [4.78, 5) is 4.35. The lowest BCUT2D eigenvalue weighted by atomic mass is 9.71. The van der Waals surface area contributed by atoms with E-state index in [-0.39, 0.29) is 12.0 Å². The maximum atomic E-state index is 14.0. The fourth-order valence-corrected chi connectivity index (χ4v) is 2.67. The average Bonchev–Trinajstić information content (AvgIpc) is 2.02. The van der Waals surface area contributed by atoms with Crippen molar-refractivity contribution in [2.24, 2.45) is 16.6 Å². The molecule has 1 unspecified atom stereocenters. The number of amidine groups is 1. The van der Waals surface area contributed by atoms with Crippen LogP contribution in [0.1, 0.15) is 39.0 Å². The van der Waals surface area contributed by atoms with E-state index in [4.69, 9.17) is 5.73 Å². The summed E-state index contributed by atoms with van der Waals surface area (Å²) in [6.07, 6.45) is 4.33. The third-order valence-electron chi connectivity index (χ3n) is 3.45. The monoisotopic (exact) mass is 184 g/mol. The van der Waals surface area contributed by atoms with Crippen LogP contribution in [0.25, 0.3) is 0 Å². The number of rotatable bonds is 0. The second-order valence-corrected chi connectivity index (χ2v) is 4.50. The third kappa shape index (κ3) is 1.56. The Morgan fingerprint density at radius 1 is 1.54 bits per heavy atom. The zero-order valence-electron chi connectivity index (χ0n) is 8.09. The molecule has 0 aromatic heterocycles. The zero-order valence-corrected chi connectivity index (χ0v) is 8.09. The molecule has 3 atom stereocenters. The molecule has 2 nitrogen and oxygen atoms in total. The molecule has 2 aliphatic rings. The van der Waals surface area contributed by atoms with Gasteiger partial charge in [0.15, 0.2) is 0 Å². The van der Waals surface area contributed by atoms with Crippen molar-refractivity contribution in [3.63, 3.8) is 0 Å². The summed E-state index contributed by atoms with van der Waals surface area (Å²) in [5.74, 6) is 0.840. The van der Waals surface area contributed by atoms with E-state index in [0.29, 0.717) is 6.42 Å². The highest BCUT2D eigenvalue weighted by molar-refractivity contribution is 5.81. The van der Waals surface area contributed by atoms with Gasteiger partial charge >= 0.3 is 0 Å². The molecule has 0 aromatic carbocycles. The first-order valence-electron chi connectivity index (χ1n) is 5.11. The minimum absolute atomic E-state index is 0.119. The molecule has 0 amide bonds. The second kappa shape index (κ2) is 2.96. The zero-order chi connectivity index (χ0) is 9.47. The van der Waals surface area contributed by atoms with Crippen molar-refractivity contribution in [1.82, 2.24) is 0 Å². The average molecular weight is 184 g/mol. The van der Waals surface area contributed by atoms with E-state index < -0.39 is 5.67 Å². The summed E-state index contributed by atoms with van der Waals surface area (Å²) in [6, 6.07) is 0.164. The Balaban J connectivity index is 2.19. The van der Waals surface area contributed by atoms with E-state index in [1.807, 2.05) is 0 Å². The minimum Gasteiger partial charge on any atom is -0.387 e. The SMILES string of the molecule is CC1(F)CCC[C@H]2N=C(N)CC[C@H]21. The van der Waals surface area contributed by atoms with Gasteiger partial charge in [0.1, 0.15) is 5.67 Å². The maximum absolute atomic E-state index is 14.0. The van der Waals surface area contributed by atoms with Crippen LogP contribution < -0.4 is 5.73 Å². The second-order valence-electron chi connectivity index (χ2n) is 4.50. The summed E-state index contributed by atoms with van der Waals surface area (Å²) in [5.41, 5.74) is 4.65. The van der Waals surface area contributed by atoms with Gasteiger partial charge in [0.25, 0.3) is 0 Å². The molecule has 2 N–H and O–H groups in total. The van der Waals surface area contributed by atoms with Crippen LogP contribution in [-0.2, 0) is 0 Å². The van der Waals surface area contributed by atoms with Gasteiger partial charge in [0.05, 0.1) is 11.9 Å². The third-order valence-corrected chi connectivity index (χ3v) is 3.45. The van der Waals surface area contributed by atoms with E-state index in [2.05, 4.69) is 4.99 Å².